The molecule has 0 aromatic heterocycles. The van der Waals surface area contributed by atoms with Gasteiger partial charge in [-0.25, -0.2) is 0 Å². The summed E-state index contributed by atoms with van der Waals surface area (Å²) in [5.41, 5.74) is -0.751. The van der Waals surface area contributed by atoms with Gasteiger partial charge >= 0.3 is 17.9 Å². The van der Waals surface area contributed by atoms with E-state index in [1.54, 1.807) is 26.8 Å². The summed E-state index contributed by atoms with van der Waals surface area (Å²) in [6.45, 7) is 6.93. The highest BCUT2D eigenvalue weighted by atomic mass is 16.5. The Hall–Kier alpha value is -1.85. The predicted octanol–water partition coefficient (Wildman–Crippen LogP) is 1.87. The van der Waals surface area contributed by atoms with E-state index >= 15 is 0 Å². The first-order valence-corrected chi connectivity index (χ1v) is 6.73. The molecule has 0 aliphatic heterocycles. The fraction of sp³-hybridized carbons (Fsp3) is 0.667. The SMILES string of the molecule is CCOC(=O)C/C(C)=C/[C@H](C)C(C)(C(=O)OC)C(=O)OC. The topological polar surface area (TPSA) is 78.9 Å². The van der Waals surface area contributed by atoms with Crippen LogP contribution in [-0.4, -0.2) is 38.7 Å². The number of hydrogen-bond donors (Lipinski definition) is 0. The summed E-state index contributed by atoms with van der Waals surface area (Å²) in [6.07, 6.45) is 1.79. The Balaban J connectivity index is 5.23. The molecule has 0 saturated carbocycles. The summed E-state index contributed by atoms with van der Waals surface area (Å²) in [6, 6.07) is 0. The quantitative estimate of drug-likeness (QED) is 0.309. The number of hydrogen-bond acceptors (Lipinski definition) is 6. The zero-order chi connectivity index (χ0) is 16.6. The molecule has 0 radical (unpaired) electrons. The molecule has 0 aromatic rings. The molecule has 120 valence electrons. The van der Waals surface area contributed by atoms with E-state index in [-0.39, 0.29) is 12.4 Å². The first-order chi connectivity index (χ1) is 9.73. The summed E-state index contributed by atoms with van der Waals surface area (Å²) in [5, 5.41) is 0. The van der Waals surface area contributed by atoms with E-state index < -0.39 is 23.3 Å². The number of esters is 3. The van der Waals surface area contributed by atoms with Crippen molar-refractivity contribution in [2.45, 2.75) is 34.1 Å². The Kier molecular flexibility index (Phi) is 7.70. The predicted molar refractivity (Wildman–Crippen MR) is 76.3 cm³/mol. The van der Waals surface area contributed by atoms with Crippen LogP contribution in [0.25, 0.3) is 0 Å². The number of ether oxygens (including phenoxy) is 3. The molecule has 21 heavy (non-hydrogen) atoms. The second-order valence-electron chi connectivity index (χ2n) is 4.97. The Morgan fingerprint density at radius 2 is 1.62 bits per heavy atom. The fourth-order valence-electron chi connectivity index (χ4n) is 1.97. The van der Waals surface area contributed by atoms with Crippen LogP contribution in [0.4, 0.5) is 0 Å². The molecule has 0 bridgehead atoms. The molecule has 1 atom stereocenters. The van der Waals surface area contributed by atoms with Crippen LogP contribution in [0.1, 0.15) is 34.1 Å². The van der Waals surface area contributed by atoms with Crippen LogP contribution in [0.2, 0.25) is 0 Å². The van der Waals surface area contributed by atoms with Crippen molar-refractivity contribution in [1.29, 1.82) is 0 Å². The van der Waals surface area contributed by atoms with Gasteiger partial charge < -0.3 is 14.2 Å². The lowest BCUT2D eigenvalue weighted by Crippen LogP contribution is -2.43. The maximum atomic E-state index is 11.9. The van der Waals surface area contributed by atoms with Gasteiger partial charge in [-0.15, -0.1) is 0 Å². The molecule has 0 heterocycles. The van der Waals surface area contributed by atoms with Crippen molar-refractivity contribution in [2.75, 3.05) is 20.8 Å². The second-order valence-corrected chi connectivity index (χ2v) is 4.97. The maximum Gasteiger partial charge on any atom is 0.323 e. The van der Waals surface area contributed by atoms with E-state index in [0.717, 1.165) is 0 Å². The highest BCUT2D eigenvalue weighted by molar-refractivity contribution is 6.00. The normalized spacial score (nSPS) is 13.3. The minimum absolute atomic E-state index is 0.108. The molecule has 0 spiro atoms. The van der Waals surface area contributed by atoms with E-state index in [1.807, 2.05) is 0 Å². The third kappa shape index (κ3) is 4.88. The van der Waals surface area contributed by atoms with E-state index in [1.165, 1.54) is 21.1 Å². The minimum atomic E-state index is -1.46. The van der Waals surface area contributed by atoms with Crippen molar-refractivity contribution in [2.24, 2.45) is 11.3 Å². The summed E-state index contributed by atoms with van der Waals surface area (Å²) in [4.78, 5) is 35.3. The number of methoxy groups -OCH3 is 2. The van der Waals surface area contributed by atoms with Crippen LogP contribution >= 0.6 is 0 Å². The molecule has 6 heteroatoms. The highest BCUT2D eigenvalue weighted by Crippen LogP contribution is 2.32. The van der Waals surface area contributed by atoms with Gasteiger partial charge in [-0.1, -0.05) is 18.6 Å². The van der Waals surface area contributed by atoms with Gasteiger partial charge in [0.1, 0.15) is 0 Å². The van der Waals surface area contributed by atoms with Crippen LogP contribution in [-0.2, 0) is 28.6 Å². The van der Waals surface area contributed by atoms with Gasteiger partial charge in [-0.05, 0) is 20.8 Å². The van der Waals surface area contributed by atoms with Gasteiger partial charge in [0, 0.05) is 5.92 Å². The van der Waals surface area contributed by atoms with Gasteiger partial charge in [0.05, 0.1) is 27.2 Å². The highest BCUT2D eigenvalue weighted by Gasteiger charge is 2.47. The molecule has 0 aliphatic rings. The van der Waals surface area contributed by atoms with Crippen LogP contribution in [0.5, 0.6) is 0 Å². The van der Waals surface area contributed by atoms with Gasteiger partial charge in [0.25, 0.3) is 0 Å². The average molecular weight is 300 g/mol. The lowest BCUT2D eigenvalue weighted by Gasteiger charge is -2.28. The van der Waals surface area contributed by atoms with Gasteiger partial charge in [-0.3, -0.25) is 14.4 Å². The van der Waals surface area contributed by atoms with Gasteiger partial charge in [0.15, 0.2) is 5.41 Å². The van der Waals surface area contributed by atoms with Crippen molar-refractivity contribution in [3.63, 3.8) is 0 Å². The molecule has 0 rings (SSSR count). The smallest absolute Gasteiger partial charge is 0.323 e. The molecule has 0 aliphatic carbocycles. The summed E-state index contributed by atoms with van der Waals surface area (Å²) in [5.74, 6) is -2.20. The molecule has 0 fully saturated rings. The van der Waals surface area contributed by atoms with Crippen molar-refractivity contribution in [3.8, 4) is 0 Å². The number of carbonyl (C=O) groups is 3. The average Bonchev–Trinajstić information content (AvgIpc) is 2.44. The zero-order valence-corrected chi connectivity index (χ0v) is 13.5. The van der Waals surface area contributed by atoms with Gasteiger partial charge in [-0.2, -0.15) is 0 Å². The van der Waals surface area contributed by atoms with Crippen molar-refractivity contribution < 1.29 is 28.6 Å². The van der Waals surface area contributed by atoms with E-state index in [0.29, 0.717) is 12.2 Å². The molecular formula is C15H24O6. The van der Waals surface area contributed by atoms with Crippen molar-refractivity contribution in [3.05, 3.63) is 11.6 Å². The molecule has 0 unspecified atom stereocenters. The third-order valence-electron chi connectivity index (χ3n) is 3.39. The first kappa shape index (κ1) is 19.1. The Morgan fingerprint density at radius 3 is 2.00 bits per heavy atom. The molecule has 0 N–H and O–H groups in total. The molecule has 0 saturated heterocycles. The van der Waals surface area contributed by atoms with Crippen LogP contribution in [0.3, 0.4) is 0 Å². The minimum Gasteiger partial charge on any atom is -0.468 e. The van der Waals surface area contributed by atoms with E-state index in [4.69, 9.17) is 14.2 Å². The Morgan fingerprint density at radius 1 is 1.14 bits per heavy atom. The molecular weight excluding hydrogens is 276 g/mol. The van der Waals surface area contributed by atoms with Crippen molar-refractivity contribution >= 4 is 17.9 Å². The van der Waals surface area contributed by atoms with Crippen LogP contribution < -0.4 is 0 Å². The first-order valence-electron chi connectivity index (χ1n) is 6.73. The third-order valence-corrected chi connectivity index (χ3v) is 3.39. The largest absolute Gasteiger partial charge is 0.468 e. The van der Waals surface area contributed by atoms with Crippen LogP contribution in [0.15, 0.2) is 11.6 Å². The van der Waals surface area contributed by atoms with E-state index in [9.17, 15) is 14.4 Å². The lowest BCUT2D eigenvalue weighted by molar-refractivity contribution is -0.170. The standard InChI is InChI=1S/C15H24O6/c1-7-21-12(16)9-10(2)8-11(3)15(4,13(17)19-5)14(18)20-6/h8,11H,7,9H2,1-6H3/b10-8+/t11-/m0/s1. The molecule has 0 aromatic carbocycles. The molecule has 6 nitrogen and oxygen atoms in total. The van der Waals surface area contributed by atoms with Gasteiger partial charge in [0.2, 0.25) is 0 Å². The number of carbonyl (C=O) groups excluding carboxylic acids is 3. The zero-order valence-electron chi connectivity index (χ0n) is 13.5. The second kappa shape index (κ2) is 8.44. The summed E-state index contributed by atoms with van der Waals surface area (Å²) < 4.78 is 14.3. The number of allylic oxidation sites excluding steroid dienone is 1. The van der Waals surface area contributed by atoms with E-state index in [2.05, 4.69) is 0 Å². The monoisotopic (exact) mass is 300 g/mol. The maximum absolute atomic E-state index is 11.9. The number of rotatable bonds is 7. The summed E-state index contributed by atoms with van der Waals surface area (Å²) in [7, 11) is 2.43. The van der Waals surface area contributed by atoms with Crippen molar-refractivity contribution in [1.82, 2.24) is 0 Å². The lowest BCUT2D eigenvalue weighted by atomic mass is 9.77. The van der Waals surface area contributed by atoms with Crippen LogP contribution in [0, 0.1) is 11.3 Å². The Labute approximate surface area is 125 Å². The summed E-state index contributed by atoms with van der Waals surface area (Å²) >= 11 is 0. The fourth-order valence-corrected chi connectivity index (χ4v) is 1.97. The Bertz CT molecular complexity index is 408. The molecule has 0 amide bonds.